The van der Waals surface area contributed by atoms with Gasteiger partial charge in [-0.05, 0) is 6.42 Å². The van der Waals surface area contributed by atoms with Crippen molar-refractivity contribution in [2.45, 2.75) is 19.4 Å². The molecule has 8 nitrogen and oxygen atoms in total. The van der Waals surface area contributed by atoms with Crippen LogP contribution in [0.15, 0.2) is 48.6 Å². The minimum absolute atomic E-state index is 0.161. The second-order valence-electron chi connectivity index (χ2n) is 5.65. The number of hydrogen-bond acceptors (Lipinski definition) is 4. The molecule has 2 heterocycles. The number of aromatic nitrogens is 4. The zero-order valence-corrected chi connectivity index (χ0v) is 13.0. The Morgan fingerprint density at radius 3 is 2.46 bits per heavy atom. The third kappa shape index (κ3) is 3.27. The standard InChI is InChI=1S/C16H18N6O2/c17-14(23)11-1-3-16(4-2-11,9-12-18-5-6-19-12)15(24)22-10-13-20-7-8-21-13/h1-3,5-8H,4,9-10H2,(H2,17,23)(H,18,19)(H,20,21)(H,22,24). The van der Waals surface area contributed by atoms with Crippen molar-refractivity contribution in [2.24, 2.45) is 11.1 Å². The molecule has 0 aromatic carbocycles. The third-order valence-corrected chi connectivity index (χ3v) is 4.01. The van der Waals surface area contributed by atoms with E-state index in [-0.39, 0.29) is 5.91 Å². The number of amides is 2. The first-order valence-electron chi connectivity index (χ1n) is 7.53. The number of carbonyl (C=O) groups excluding carboxylic acids is 2. The van der Waals surface area contributed by atoms with Crippen LogP contribution >= 0.6 is 0 Å². The molecule has 0 saturated heterocycles. The van der Waals surface area contributed by atoms with Crippen molar-refractivity contribution in [3.05, 3.63) is 60.2 Å². The topological polar surface area (TPSA) is 130 Å². The molecule has 0 spiro atoms. The maximum absolute atomic E-state index is 12.8. The Kier molecular flexibility index (Phi) is 4.28. The molecular formula is C16H18N6O2. The van der Waals surface area contributed by atoms with Gasteiger partial charge >= 0.3 is 0 Å². The maximum atomic E-state index is 12.8. The quantitative estimate of drug-likeness (QED) is 0.610. The fraction of sp³-hybridized carbons (Fsp3) is 0.250. The van der Waals surface area contributed by atoms with Gasteiger partial charge < -0.3 is 21.0 Å². The number of nitrogens with zero attached hydrogens (tertiary/aromatic N) is 2. The maximum Gasteiger partial charge on any atom is 0.248 e. The highest BCUT2D eigenvalue weighted by Crippen LogP contribution is 2.33. The van der Waals surface area contributed by atoms with Crippen LogP contribution in [0.3, 0.4) is 0 Å². The lowest BCUT2D eigenvalue weighted by Crippen LogP contribution is -2.42. The minimum atomic E-state index is -0.830. The summed E-state index contributed by atoms with van der Waals surface area (Å²) in [7, 11) is 0. The Hall–Kier alpha value is -3.16. The van der Waals surface area contributed by atoms with E-state index < -0.39 is 11.3 Å². The number of carbonyl (C=O) groups is 2. The highest BCUT2D eigenvalue weighted by molar-refractivity contribution is 5.96. The molecular weight excluding hydrogens is 308 g/mol. The third-order valence-electron chi connectivity index (χ3n) is 4.01. The first-order valence-corrected chi connectivity index (χ1v) is 7.53. The van der Waals surface area contributed by atoms with Gasteiger partial charge in [0, 0.05) is 36.8 Å². The number of rotatable bonds is 6. The van der Waals surface area contributed by atoms with Gasteiger partial charge in [0.1, 0.15) is 11.6 Å². The summed E-state index contributed by atoms with van der Waals surface area (Å²) < 4.78 is 0. The molecule has 8 heteroatoms. The second-order valence-corrected chi connectivity index (χ2v) is 5.65. The van der Waals surface area contributed by atoms with Crippen molar-refractivity contribution in [3.63, 3.8) is 0 Å². The van der Waals surface area contributed by atoms with Crippen LogP contribution in [0.1, 0.15) is 18.1 Å². The van der Waals surface area contributed by atoms with Crippen LogP contribution in [-0.4, -0.2) is 31.8 Å². The Morgan fingerprint density at radius 2 is 1.92 bits per heavy atom. The van der Waals surface area contributed by atoms with E-state index in [4.69, 9.17) is 5.73 Å². The summed E-state index contributed by atoms with van der Waals surface area (Å²) in [5, 5.41) is 2.88. The fourth-order valence-corrected chi connectivity index (χ4v) is 2.67. The van der Waals surface area contributed by atoms with E-state index in [1.54, 1.807) is 43.0 Å². The van der Waals surface area contributed by atoms with E-state index in [0.29, 0.717) is 36.6 Å². The van der Waals surface area contributed by atoms with E-state index in [2.05, 4.69) is 25.3 Å². The highest BCUT2D eigenvalue weighted by Gasteiger charge is 2.38. The van der Waals surface area contributed by atoms with Crippen molar-refractivity contribution in [3.8, 4) is 0 Å². The molecule has 1 atom stereocenters. The van der Waals surface area contributed by atoms with Crippen molar-refractivity contribution < 1.29 is 9.59 Å². The lowest BCUT2D eigenvalue weighted by molar-refractivity contribution is -0.129. The van der Waals surface area contributed by atoms with Crippen LogP contribution in [0.5, 0.6) is 0 Å². The molecule has 3 rings (SSSR count). The average Bonchev–Trinajstić information content (AvgIpc) is 3.26. The molecule has 1 unspecified atom stereocenters. The van der Waals surface area contributed by atoms with E-state index >= 15 is 0 Å². The molecule has 2 amide bonds. The van der Waals surface area contributed by atoms with Crippen molar-refractivity contribution >= 4 is 11.8 Å². The van der Waals surface area contributed by atoms with Crippen molar-refractivity contribution in [1.29, 1.82) is 0 Å². The van der Waals surface area contributed by atoms with Crippen LogP contribution in [0.25, 0.3) is 0 Å². The van der Waals surface area contributed by atoms with Gasteiger partial charge in [-0.25, -0.2) is 9.97 Å². The number of aromatic amines is 2. The lowest BCUT2D eigenvalue weighted by Gasteiger charge is -2.30. The molecule has 2 aromatic heterocycles. The molecule has 0 bridgehead atoms. The molecule has 24 heavy (non-hydrogen) atoms. The smallest absolute Gasteiger partial charge is 0.248 e. The van der Waals surface area contributed by atoms with Crippen LogP contribution in [-0.2, 0) is 22.6 Å². The molecule has 0 fully saturated rings. The van der Waals surface area contributed by atoms with E-state index in [1.807, 2.05) is 0 Å². The van der Waals surface area contributed by atoms with Crippen LogP contribution in [0, 0.1) is 5.41 Å². The monoisotopic (exact) mass is 326 g/mol. The number of nitrogens with two attached hydrogens (primary N) is 1. The molecule has 2 aromatic rings. The minimum Gasteiger partial charge on any atom is -0.366 e. The van der Waals surface area contributed by atoms with E-state index in [9.17, 15) is 9.59 Å². The first-order chi connectivity index (χ1) is 11.6. The van der Waals surface area contributed by atoms with E-state index in [0.717, 1.165) is 0 Å². The fourth-order valence-electron chi connectivity index (χ4n) is 2.67. The summed E-state index contributed by atoms with van der Waals surface area (Å²) in [6, 6.07) is 0. The van der Waals surface area contributed by atoms with E-state index in [1.165, 1.54) is 0 Å². The highest BCUT2D eigenvalue weighted by atomic mass is 16.2. The molecule has 5 N–H and O–H groups in total. The molecule has 0 radical (unpaired) electrons. The predicted molar refractivity (Wildman–Crippen MR) is 86.2 cm³/mol. The van der Waals surface area contributed by atoms with Gasteiger partial charge in [-0.3, -0.25) is 9.59 Å². The predicted octanol–water partition coefficient (Wildman–Crippen LogP) is 0.350. The molecule has 0 saturated carbocycles. The summed E-state index contributed by atoms with van der Waals surface area (Å²) >= 11 is 0. The Labute approximate surface area is 138 Å². The number of nitrogens with one attached hydrogen (secondary N) is 3. The van der Waals surface area contributed by atoms with Crippen LogP contribution in [0.2, 0.25) is 0 Å². The Balaban J connectivity index is 1.78. The van der Waals surface area contributed by atoms with Gasteiger partial charge in [0.2, 0.25) is 11.8 Å². The van der Waals surface area contributed by atoms with Gasteiger partial charge in [-0.2, -0.15) is 0 Å². The van der Waals surface area contributed by atoms with Crippen LogP contribution < -0.4 is 11.1 Å². The largest absolute Gasteiger partial charge is 0.366 e. The first kappa shape index (κ1) is 15.7. The Bertz CT molecular complexity index is 776. The zero-order chi connectivity index (χ0) is 17.0. The number of allylic oxidation sites excluding steroid dienone is 1. The zero-order valence-electron chi connectivity index (χ0n) is 13.0. The number of H-pyrrole nitrogens is 2. The van der Waals surface area contributed by atoms with Gasteiger partial charge in [-0.15, -0.1) is 0 Å². The summed E-state index contributed by atoms with van der Waals surface area (Å²) in [6.45, 7) is 0.298. The summed E-state index contributed by atoms with van der Waals surface area (Å²) in [4.78, 5) is 38.4. The van der Waals surface area contributed by atoms with Crippen LogP contribution in [0.4, 0.5) is 0 Å². The number of primary amides is 1. The van der Waals surface area contributed by atoms with Gasteiger partial charge in [0.25, 0.3) is 0 Å². The lowest BCUT2D eigenvalue weighted by atomic mass is 9.76. The SMILES string of the molecule is NC(=O)C1=CCC(Cc2ncc[nH]2)(C(=O)NCc2ncc[nH]2)C=C1. The molecule has 1 aliphatic carbocycles. The van der Waals surface area contributed by atoms with Crippen molar-refractivity contribution in [2.75, 3.05) is 0 Å². The van der Waals surface area contributed by atoms with Gasteiger partial charge in [0.15, 0.2) is 0 Å². The summed E-state index contributed by atoms with van der Waals surface area (Å²) in [5.41, 5.74) is 4.88. The summed E-state index contributed by atoms with van der Waals surface area (Å²) in [6.07, 6.45) is 12.5. The average molecular weight is 326 g/mol. The number of imidazole rings is 2. The molecule has 124 valence electrons. The van der Waals surface area contributed by atoms with Gasteiger partial charge in [-0.1, -0.05) is 18.2 Å². The second kappa shape index (κ2) is 6.53. The van der Waals surface area contributed by atoms with Gasteiger partial charge in [0.05, 0.1) is 12.0 Å². The van der Waals surface area contributed by atoms with Crippen molar-refractivity contribution in [1.82, 2.24) is 25.3 Å². The Morgan fingerprint density at radius 1 is 1.21 bits per heavy atom. The summed E-state index contributed by atoms with van der Waals surface area (Å²) in [5.74, 6) is 0.702. The molecule has 1 aliphatic rings. The number of hydrogen-bond donors (Lipinski definition) is 4. The normalized spacial score (nSPS) is 19.8. The molecule has 0 aliphatic heterocycles.